The fourth-order valence-corrected chi connectivity index (χ4v) is 1.93. The highest BCUT2D eigenvalue weighted by Gasteiger charge is 2.15. The Bertz CT molecular complexity index is 833. The molecule has 22 heavy (non-hydrogen) atoms. The summed E-state index contributed by atoms with van der Waals surface area (Å²) < 4.78 is 15.0. The van der Waals surface area contributed by atoms with E-state index in [1.165, 1.54) is 41.5 Å². The summed E-state index contributed by atoms with van der Waals surface area (Å²) in [4.78, 5) is 14.3. The molecule has 0 radical (unpaired) electrons. The first-order valence-corrected chi connectivity index (χ1v) is 6.31. The van der Waals surface area contributed by atoms with Gasteiger partial charge in [-0.25, -0.2) is 14.1 Å². The van der Waals surface area contributed by atoms with Gasteiger partial charge in [-0.3, -0.25) is 10.1 Å². The highest BCUT2D eigenvalue weighted by Crippen LogP contribution is 2.24. The van der Waals surface area contributed by atoms with Gasteiger partial charge >= 0.3 is 5.69 Å². The monoisotopic (exact) mass is 299 g/mol. The van der Waals surface area contributed by atoms with Gasteiger partial charge in [-0.15, -0.1) is 0 Å². The predicted molar refractivity (Wildman–Crippen MR) is 77.7 cm³/mol. The highest BCUT2D eigenvalue weighted by atomic mass is 19.1. The van der Waals surface area contributed by atoms with Crippen molar-refractivity contribution < 1.29 is 9.31 Å². The number of halogens is 1. The van der Waals surface area contributed by atoms with Crippen LogP contribution >= 0.6 is 0 Å². The number of hydrogen-bond donors (Lipinski definition) is 1. The number of pyridine rings is 1. The fourth-order valence-electron chi connectivity index (χ4n) is 1.93. The number of para-hydroxylation sites is 1. The summed E-state index contributed by atoms with van der Waals surface area (Å²) in [7, 11) is 0. The number of anilines is 2. The number of nitrogens with one attached hydrogen (secondary N) is 1. The normalized spacial score (nSPS) is 10.4. The third-order valence-corrected chi connectivity index (χ3v) is 2.93. The largest absolute Gasteiger partial charge is 0.332 e. The minimum Gasteiger partial charge on any atom is -0.332 e. The molecule has 0 saturated carbocycles. The Morgan fingerprint density at radius 3 is 2.82 bits per heavy atom. The molecule has 0 fully saturated rings. The Kier molecular flexibility index (Phi) is 3.48. The van der Waals surface area contributed by atoms with E-state index in [-0.39, 0.29) is 17.2 Å². The maximum atomic E-state index is 13.7. The van der Waals surface area contributed by atoms with Crippen LogP contribution in [0.1, 0.15) is 0 Å². The number of benzene rings is 1. The fraction of sp³-hybridized carbons (Fsp3) is 0. The van der Waals surface area contributed by atoms with Crippen LogP contribution in [0.15, 0.2) is 55.0 Å². The number of hydrogen-bond acceptors (Lipinski definition) is 5. The van der Waals surface area contributed by atoms with Crippen LogP contribution in [0.3, 0.4) is 0 Å². The molecule has 8 heteroatoms. The zero-order valence-electron chi connectivity index (χ0n) is 11.2. The Hall–Kier alpha value is -3.29. The van der Waals surface area contributed by atoms with Gasteiger partial charge in [0.05, 0.1) is 23.0 Å². The van der Waals surface area contributed by atoms with Gasteiger partial charge in [-0.05, 0) is 18.2 Å². The van der Waals surface area contributed by atoms with Crippen molar-refractivity contribution >= 4 is 17.2 Å². The molecule has 0 aliphatic rings. The summed E-state index contributed by atoms with van der Waals surface area (Å²) in [6.07, 6.45) is 4.40. The van der Waals surface area contributed by atoms with Crippen molar-refractivity contribution in [2.24, 2.45) is 0 Å². The van der Waals surface area contributed by atoms with Gasteiger partial charge in [0.15, 0.2) is 0 Å². The molecule has 7 nitrogen and oxygen atoms in total. The molecular formula is C14H10FN5O2. The van der Waals surface area contributed by atoms with Crippen molar-refractivity contribution in [2.45, 2.75) is 0 Å². The van der Waals surface area contributed by atoms with E-state index in [2.05, 4.69) is 15.4 Å². The molecule has 0 aliphatic carbocycles. The molecule has 3 rings (SSSR count). The standard InChI is InChI=1S/C14H10FN5O2/c15-11-4-1-2-5-12(11)19-9-10(8-17-19)18-14-13(20(21)22)6-3-7-16-14/h1-9H,(H,16,18). The van der Waals surface area contributed by atoms with Crippen LogP contribution in [0.2, 0.25) is 0 Å². The average molecular weight is 299 g/mol. The van der Waals surface area contributed by atoms with Crippen LogP contribution in [-0.2, 0) is 0 Å². The first-order chi connectivity index (χ1) is 10.6. The second kappa shape index (κ2) is 5.60. The van der Waals surface area contributed by atoms with E-state index in [1.54, 1.807) is 18.2 Å². The smallest absolute Gasteiger partial charge is 0.311 e. The van der Waals surface area contributed by atoms with Crippen LogP contribution in [0.25, 0.3) is 5.69 Å². The molecule has 0 saturated heterocycles. The van der Waals surface area contributed by atoms with Crippen LogP contribution in [0.4, 0.5) is 21.6 Å². The zero-order chi connectivity index (χ0) is 15.5. The van der Waals surface area contributed by atoms with E-state index < -0.39 is 10.7 Å². The van der Waals surface area contributed by atoms with Gasteiger partial charge in [0.25, 0.3) is 0 Å². The zero-order valence-corrected chi connectivity index (χ0v) is 11.2. The molecule has 2 aromatic heterocycles. The molecular weight excluding hydrogens is 289 g/mol. The molecule has 110 valence electrons. The van der Waals surface area contributed by atoms with E-state index in [0.717, 1.165) is 0 Å². The number of rotatable bonds is 4. The maximum absolute atomic E-state index is 13.7. The second-order valence-corrected chi connectivity index (χ2v) is 4.38. The molecule has 3 aromatic rings. The Balaban J connectivity index is 1.90. The molecule has 0 amide bonds. The van der Waals surface area contributed by atoms with Crippen LogP contribution in [-0.4, -0.2) is 19.7 Å². The summed E-state index contributed by atoms with van der Waals surface area (Å²) in [6.45, 7) is 0. The minimum atomic E-state index is -0.531. The second-order valence-electron chi connectivity index (χ2n) is 4.38. The summed E-state index contributed by atoms with van der Waals surface area (Å²) >= 11 is 0. The number of aromatic nitrogens is 3. The molecule has 1 aromatic carbocycles. The van der Waals surface area contributed by atoms with Crippen molar-refractivity contribution in [3.05, 3.63) is 70.9 Å². The number of nitro groups is 1. The van der Waals surface area contributed by atoms with Crippen molar-refractivity contribution in [3.63, 3.8) is 0 Å². The summed E-state index contributed by atoms with van der Waals surface area (Å²) in [5, 5.41) is 17.8. The lowest BCUT2D eigenvalue weighted by Crippen LogP contribution is -1.99. The number of nitrogens with zero attached hydrogens (tertiary/aromatic N) is 4. The van der Waals surface area contributed by atoms with E-state index in [4.69, 9.17) is 0 Å². The average Bonchev–Trinajstić information content (AvgIpc) is 2.96. The lowest BCUT2D eigenvalue weighted by molar-refractivity contribution is -0.384. The summed E-state index contributed by atoms with van der Waals surface area (Å²) in [5.41, 5.74) is 0.595. The molecule has 1 N–H and O–H groups in total. The Morgan fingerprint density at radius 1 is 1.23 bits per heavy atom. The maximum Gasteiger partial charge on any atom is 0.311 e. The SMILES string of the molecule is O=[N+]([O-])c1cccnc1Nc1cnn(-c2ccccc2F)c1. The van der Waals surface area contributed by atoms with Crippen molar-refractivity contribution in [3.8, 4) is 5.69 Å². The third-order valence-electron chi connectivity index (χ3n) is 2.93. The molecule has 0 unspecified atom stereocenters. The van der Waals surface area contributed by atoms with Gasteiger partial charge in [-0.1, -0.05) is 12.1 Å². The highest BCUT2D eigenvalue weighted by molar-refractivity contribution is 5.64. The Labute approximate surface area is 124 Å². The minimum absolute atomic E-state index is 0.0978. The van der Waals surface area contributed by atoms with E-state index in [9.17, 15) is 14.5 Å². The predicted octanol–water partition coefficient (Wildman–Crippen LogP) is 3.06. The van der Waals surface area contributed by atoms with Gasteiger partial charge in [-0.2, -0.15) is 5.10 Å². The lowest BCUT2D eigenvalue weighted by Gasteiger charge is -2.03. The molecule has 2 heterocycles. The van der Waals surface area contributed by atoms with Crippen molar-refractivity contribution in [2.75, 3.05) is 5.32 Å². The van der Waals surface area contributed by atoms with Gasteiger partial charge < -0.3 is 5.32 Å². The lowest BCUT2D eigenvalue weighted by atomic mass is 10.3. The topological polar surface area (TPSA) is 85.9 Å². The molecule has 0 spiro atoms. The molecule has 0 aliphatic heterocycles. The van der Waals surface area contributed by atoms with E-state index in [0.29, 0.717) is 5.69 Å². The molecule has 0 bridgehead atoms. The van der Waals surface area contributed by atoms with E-state index in [1.807, 2.05) is 0 Å². The van der Waals surface area contributed by atoms with Crippen LogP contribution < -0.4 is 5.32 Å². The van der Waals surface area contributed by atoms with Crippen LogP contribution in [0.5, 0.6) is 0 Å². The van der Waals surface area contributed by atoms with Gasteiger partial charge in [0, 0.05) is 12.3 Å². The first kappa shape index (κ1) is 13.7. The summed E-state index contributed by atoms with van der Waals surface area (Å²) in [5.74, 6) is -0.318. The van der Waals surface area contributed by atoms with Crippen LogP contribution in [0, 0.1) is 15.9 Å². The molecule has 0 atom stereocenters. The van der Waals surface area contributed by atoms with Gasteiger partial charge in [0.1, 0.15) is 11.5 Å². The van der Waals surface area contributed by atoms with Gasteiger partial charge in [0.2, 0.25) is 5.82 Å². The quantitative estimate of drug-likeness (QED) is 0.591. The third kappa shape index (κ3) is 2.62. The van der Waals surface area contributed by atoms with E-state index >= 15 is 0 Å². The summed E-state index contributed by atoms with van der Waals surface area (Å²) in [6, 6.07) is 9.00. The van der Waals surface area contributed by atoms with Crippen molar-refractivity contribution in [1.82, 2.24) is 14.8 Å². The Morgan fingerprint density at radius 2 is 2.05 bits per heavy atom. The van der Waals surface area contributed by atoms with Crippen molar-refractivity contribution in [1.29, 1.82) is 0 Å². The first-order valence-electron chi connectivity index (χ1n) is 6.31.